The molecule has 0 fully saturated rings. The lowest BCUT2D eigenvalue weighted by molar-refractivity contribution is 0.0965. The summed E-state index contributed by atoms with van der Waals surface area (Å²) < 4.78 is 1.25. The number of aromatic nitrogens is 2. The van der Waals surface area contributed by atoms with E-state index < -0.39 is 0 Å². The predicted octanol–water partition coefficient (Wildman–Crippen LogP) is 4.61. The molecule has 3 rings (SSSR count). The highest BCUT2D eigenvalue weighted by Crippen LogP contribution is 2.18. The van der Waals surface area contributed by atoms with Crippen LogP contribution in [0.2, 0.25) is 0 Å². The lowest BCUT2D eigenvalue weighted by atomic mass is 10.0. The lowest BCUT2D eigenvalue weighted by Crippen LogP contribution is -2.26. The Labute approximate surface area is 165 Å². The van der Waals surface area contributed by atoms with Gasteiger partial charge in [-0.05, 0) is 43.4 Å². The van der Waals surface area contributed by atoms with Crippen LogP contribution in [-0.2, 0) is 13.0 Å². The summed E-state index contributed by atoms with van der Waals surface area (Å²) in [6.07, 6.45) is 1.03. The minimum Gasteiger partial charge on any atom is -0.292 e. The molecule has 2 aromatic carbocycles. The SMILES string of the molecule is Cc1ccc(C(=O)Cn2nc(-c3ccc(CC(C)C)cc3)ccc2=O)c(C)c1. The molecule has 0 atom stereocenters. The van der Waals surface area contributed by atoms with E-state index in [1.54, 1.807) is 6.07 Å². The first-order valence-corrected chi connectivity index (χ1v) is 9.61. The van der Waals surface area contributed by atoms with Crippen LogP contribution in [0.25, 0.3) is 11.3 Å². The van der Waals surface area contributed by atoms with E-state index >= 15 is 0 Å². The number of aryl methyl sites for hydroxylation is 2. The van der Waals surface area contributed by atoms with Gasteiger partial charge in [-0.1, -0.05) is 61.9 Å². The number of nitrogens with zero attached hydrogens (tertiary/aromatic N) is 2. The molecule has 4 nitrogen and oxygen atoms in total. The molecule has 0 saturated heterocycles. The average Bonchev–Trinajstić information content (AvgIpc) is 2.63. The lowest BCUT2D eigenvalue weighted by Gasteiger charge is -2.10. The second-order valence-electron chi connectivity index (χ2n) is 7.75. The molecular formula is C24H26N2O2. The van der Waals surface area contributed by atoms with Gasteiger partial charge in [0.05, 0.1) is 5.69 Å². The van der Waals surface area contributed by atoms with Crippen LogP contribution < -0.4 is 5.56 Å². The highest BCUT2D eigenvalue weighted by atomic mass is 16.1. The van der Waals surface area contributed by atoms with E-state index in [1.807, 2.05) is 44.2 Å². The van der Waals surface area contributed by atoms with Crippen molar-refractivity contribution in [1.82, 2.24) is 9.78 Å². The first-order chi connectivity index (χ1) is 13.3. The molecule has 0 bridgehead atoms. The number of ketones is 1. The van der Waals surface area contributed by atoms with Crippen molar-refractivity contribution in [3.8, 4) is 11.3 Å². The second-order valence-corrected chi connectivity index (χ2v) is 7.75. The van der Waals surface area contributed by atoms with Crippen LogP contribution in [0, 0.1) is 19.8 Å². The Kier molecular flexibility index (Phi) is 5.88. The maximum absolute atomic E-state index is 12.7. The molecule has 0 spiro atoms. The fourth-order valence-electron chi connectivity index (χ4n) is 3.35. The quantitative estimate of drug-likeness (QED) is 0.592. The fourth-order valence-corrected chi connectivity index (χ4v) is 3.35. The van der Waals surface area contributed by atoms with Crippen LogP contribution in [0.5, 0.6) is 0 Å². The summed E-state index contributed by atoms with van der Waals surface area (Å²) in [6, 6.07) is 17.1. The Morgan fingerprint density at radius 3 is 2.36 bits per heavy atom. The topological polar surface area (TPSA) is 52.0 Å². The van der Waals surface area contributed by atoms with Crippen LogP contribution in [0.4, 0.5) is 0 Å². The third-order valence-corrected chi connectivity index (χ3v) is 4.74. The molecule has 1 heterocycles. The van der Waals surface area contributed by atoms with Crippen molar-refractivity contribution in [3.05, 3.63) is 87.2 Å². The number of carbonyl (C=O) groups excluding carboxylic acids is 1. The van der Waals surface area contributed by atoms with E-state index in [0.717, 1.165) is 23.1 Å². The zero-order chi connectivity index (χ0) is 20.3. The van der Waals surface area contributed by atoms with Crippen LogP contribution >= 0.6 is 0 Å². The summed E-state index contributed by atoms with van der Waals surface area (Å²) in [5.74, 6) is 0.485. The number of hydrogen-bond donors (Lipinski definition) is 0. The number of Topliss-reactive ketones (excluding diaryl/α,β-unsaturated/α-hetero) is 1. The van der Waals surface area contributed by atoms with Crippen molar-refractivity contribution in [3.63, 3.8) is 0 Å². The fraction of sp³-hybridized carbons (Fsp3) is 0.292. The smallest absolute Gasteiger partial charge is 0.267 e. The van der Waals surface area contributed by atoms with Gasteiger partial charge < -0.3 is 0 Å². The van der Waals surface area contributed by atoms with Crippen LogP contribution in [-0.4, -0.2) is 15.6 Å². The third kappa shape index (κ3) is 4.63. The Bertz CT molecular complexity index is 1050. The van der Waals surface area contributed by atoms with Gasteiger partial charge in [0, 0.05) is 17.2 Å². The summed E-state index contributed by atoms with van der Waals surface area (Å²) in [4.78, 5) is 24.9. The van der Waals surface area contributed by atoms with Gasteiger partial charge >= 0.3 is 0 Å². The van der Waals surface area contributed by atoms with Crippen LogP contribution in [0.1, 0.15) is 40.9 Å². The van der Waals surface area contributed by atoms with Gasteiger partial charge in [-0.25, -0.2) is 4.68 Å². The summed E-state index contributed by atoms with van der Waals surface area (Å²) in [7, 11) is 0. The Morgan fingerprint density at radius 1 is 1.00 bits per heavy atom. The minimum absolute atomic E-state index is 0.0675. The first kappa shape index (κ1) is 19.7. The number of benzene rings is 2. The molecule has 1 aromatic heterocycles. The maximum atomic E-state index is 12.7. The van der Waals surface area contributed by atoms with Crippen molar-refractivity contribution < 1.29 is 4.79 Å². The van der Waals surface area contributed by atoms with E-state index in [2.05, 4.69) is 31.1 Å². The van der Waals surface area contributed by atoms with E-state index in [9.17, 15) is 9.59 Å². The molecule has 0 unspecified atom stereocenters. The van der Waals surface area contributed by atoms with Gasteiger partial charge in [-0.2, -0.15) is 5.10 Å². The minimum atomic E-state index is -0.279. The van der Waals surface area contributed by atoms with Crippen LogP contribution in [0.15, 0.2) is 59.4 Å². The summed E-state index contributed by atoms with van der Waals surface area (Å²) in [5, 5.41) is 4.43. The second kappa shape index (κ2) is 8.34. The molecule has 0 aliphatic heterocycles. The summed E-state index contributed by atoms with van der Waals surface area (Å²) in [6.45, 7) is 8.22. The first-order valence-electron chi connectivity index (χ1n) is 9.61. The number of carbonyl (C=O) groups is 1. The summed E-state index contributed by atoms with van der Waals surface area (Å²) in [5.41, 5.74) is 5.25. The normalized spacial score (nSPS) is 11.0. The Hall–Kier alpha value is -3.01. The largest absolute Gasteiger partial charge is 0.292 e. The molecule has 3 aromatic rings. The van der Waals surface area contributed by atoms with Gasteiger partial charge in [0.2, 0.25) is 0 Å². The number of rotatable bonds is 6. The highest BCUT2D eigenvalue weighted by Gasteiger charge is 2.12. The van der Waals surface area contributed by atoms with Crippen molar-refractivity contribution in [2.75, 3.05) is 0 Å². The number of hydrogen-bond acceptors (Lipinski definition) is 3. The monoisotopic (exact) mass is 374 g/mol. The average molecular weight is 374 g/mol. The van der Waals surface area contributed by atoms with Gasteiger partial charge in [0.25, 0.3) is 5.56 Å². The van der Waals surface area contributed by atoms with E-state index in [4.69, 9.17) is 0 Å². The van der Waals surface area contributed by atoms with Gasteiger partial charge in [-0.3, -0.25) is 9.59 Å². The van der Waals surface area contributed by atoms with E-state index in [0.29, 0.717) is 17.2 Å². The standard InChI is InChI=1S/C24H26N2O2/c1-16(2)13-19-6-8-20(9-7-19)22-11-12-24(28)26(25-22)15-23(27)21-10-5-17(3)14-18(21)4/h5-12,14,16H,13,15H2,1-4H3. The third-order valence-electron chi connectivity index (χ3n) is 4.74. The predicted molar refractivity (Wildman–Crippen MR) is 113 cm³/mol. The molecule has 0 radical (unpaired) electrons. The maximum Gasteiger partial charge on any atom is 0.267 e. The van der Waals surface area contributed by atoms with E-state index in [-0.39, 0.29) is 17.9 Å². The van der Waals surface area contributed by atoms with Crippen molar-refractivity contribution in [2.45, 2.75) is 40.7 Å². The summed E-state index contributed by atoms with van der Waals surface area (Å²) >= 11 is 0. The molecule has 28 heavy (non-hydrogen) atoms. The molecule has 0 amide bonds. The van der Waals surface area contributed by atoms with Crippen molar-refractivity contribution in [1.29, 1.82) is 0 Å². The zero-order valence-corrected chi connectivity index (χ0v) is 16.9. The Morgan fingerprint density at radius 2 is 1.71 bits per heavy atom. The van der Waals surface area contributed by atoms with Gasteiger partial charge in [0.1, 0.15) is 6.54 Å². The van der Waals surface area contributed by atoms with Gasteiger partial charge in [0.15, 0.2) is 5.78 Å². The Balaban J connectivity index is 1.85. The zero-order valence-electron chi connectivity index (χ0n) is 16.9. The molecular weight excluding hydrogens is 348 g/mol. The van der Waals surface area contributed by atoms with Crippen molar-refractivity contribution >= 4 is 5.78 Å². The van der Waals surface area contributed by atoms with Gasteiger partial charge in [-0.15, -0.1) is 0 Å². The molecule has 0 aliphatic carbocycles. The molecule has 0 N–H and O–H groups in total. The molecule has 0 saturated carbocycles. The van der Waals surface area contributed by atoms with Crippen molar-refractivity contribution in [2.24, 2.45) is 5.92 Å². The molecule has 144 valence electrons. The van der Waals surface area contributed by atoms with Crippen LogP contribution in [0.3, 0.4) is 0 Å². The molecule has 0 aliphatic rings. The molecule has 4 heteroatoms. The highest BCUT2D eigenvalue weighted by molar-refractivity contribution is 5.97. The van der Waals surface area contributed by atoms with E-state index in [1.165, 1.54) is 16.3 Å².